The van der Waals surface area contributed by atoms with Crippen LogP contribution in [0.25, 0.3) is 0 Å². The van der Waals surface area contributed by atoms with E-state index >= 15 is 0 Å². The van der Waals surface area contributed by atoms with Gasteiger partial charge >= 0.3 is 0 Å². The van der Waals surface area contributed by atoms with Gasteiger partial charge in [-0.25, -0.2) is 4.39 Å². The first-order valence-corrected chi connectivity index (χ1v) is 8.57. The number of nitrogens with one attached hydrogen (secondary N) is 2. The third-order valence-corrected chi connectivity index (χ3v) is 4.30. The highest BCUT2D eigenvalue weighted by atomic mass is 32.1. The largest absolute Gasteiger partial charge is 0.492 e. The van der Waals surface area contributed by atoms with Gasteiger partial charge < -0.3 is 19.8 Å². The van der Waals surface area contributed by atoms with Crippen molar-refractivity contribution in [2.24, 2.45) is 0 Å². The van der Waals surface area contributed by atoms with Gasteiger partial charge in [-0.2, -0.15) is 0 Å². The van der Waals surface area contributed by atoms with Gasteiger partial charge in [0.05, 0.1) is 28.4 Å². The standard InChI is InChI=1S/C18H15FN2O4S/c1-2-24-14-10-11(19)5-6-12(14)20-18(23)15-7-8-16(26-15)21-17(22)13-4-3-9-25-13/h3-10H,2H2,1H3,(H,20,23)(H,21,22). The van der Waals surface area contributed by atoms with Crippen LogP contribution in [0.3, 0.4) is 0 Å². The molecular weight excluding hydrogens is 359 g/mol. The van der Waals surface area contributed by atoms with Gasteiger partial charge in [-0.05, 0) is 43.3 Å². The van der Waals surface area contributed by atoms with Gasteiger partial charge in [0, 0.05) is 6.07 Å². The van der Waals surface area contributed by atoms with Crippen molar-refractivity contribution in [1.29, 1.82) is 0 Å². The van der Waals surface area contributed by atoms with E-state index in [0.717, 1.165) is 11.3 Å². The molecule has 6 nitrogen and oxygen atoms in total. The van der Waals surface area contributed by atoms with E-state index in [0.29, 0.717) is 22.2 Å². The summed E-state index contributed by atoms with van der Waals surface area (Å²) in [6.07, 6.45) is 1.40. The molecule has 0 aliphatic carbocycles. The molecular formula is C18H15FN2O4S. The Morgan fingerprint density at radius 3 is 2.73 bits per heavy atom. The van der Waals surface area contributed by atoms with Crippen LogP contribution in [0.4, 0.5) is 15.1 Å². The molecule has 1 aromatic carbocycles. The summed E-state index contributed by atoms with van der Waals surface area (Å²) in [4.78, 5) is 24.7. The SMILES string of the molecule is CCOc1cc(F)ccc1NC(=O)c1ccc(NC(=O)c2ccco2)s1. The average molecular weight is 374 g/mol. The predicted molar refractivity (Wildman–Crippen MR) is 96.5 cm³/mol. The lowest BCUT2D eigenvalue weighted by molar-refractivity contribution is 0.0995. The topological polar surface area (TPSA) is 80.6 Å². The van der Waals surface area contributed by atoms with E-state index in [1.54, 1.807) is 31.2 Å². The maximum atomic E-state index is 13.3. The number of furan rings is 1. The molecule has 3 aromatic rings. The van der Waals surface area contributed by atoms with Crippen LogP contribution < -0.4 is 15.4 Å². The molecule has 0 aliphatic heterocycles. The Bertz CT molecular complexity index is 921. The van der Waals surface area contributed by atoms with Crippen molar-refractivity contribution in [3.05, 3.63) is 65.2 Å². The van der Waals surface area contributed by atoms with Gasteiger partial charge in [0.1, 0.15) is 11.6 Å². The monoisotopic (exact) mass is 374 g/mol. The molecule has 8 heteroatoms. The minimum atomic E-state index is -0.453. The van der Waals surface area contributed by atoms with Crippen LogP contribution in [0, 0.1) is 5.82 Å². The van der Waals surface area contributed by atoms with E-state index in [1.165, 1.54) is 24.5 Å². The van der Waals surface area contributed by atoms with E-state index in [2.05, 4.69) is 10.6 Å². The van der Waals surface area contributed by atoms with Gasteiger partial charge in [-0.1, -0.05) is 0 Å². The van der Waals surface area contributed by atoms with Gasteiger partial charge in [0.15, 0.2) is 5.76 Å². The van der Waals surface area contributed by atoms with Crippen LogP contribution in [0.15, 0.2) is 53.1 Å². The fourth-order valence-electron chi connectivity index (χ4n) is 2.17. The maximum absolute atomic E-state index is 13.3. The molecule has 0 fully saturated rings. The van der Waals surface area contributed by atoms with Crippen LogP contribution in [-0.2, 0) is 0 Å². The molecule has 0 unspecified atom stereocenters. The second kappa shape index (κ2) is 7.83. The number of hydrogen-bond donors (Lipinski definition) is 2. The number of ether oxygens (including phenoxy) is 1. The number of carbonyl (C=O) groups is 2. The minimum Gasteiger partial charge on any atom is -0.492 e. The Hall–Kier alpha value is -3.13. The fraction of sp³-hybridized carbons (Fsp3) is 0.111. The summed E-state index contributed by atoms with van der Waals surface area (Å²) in [6, 6.07) is 10.2. The van der Waals surface area contributed by atoms with E-state index in [1.807, 2.05) is 0 Å². The molecule has 0 atom stereocenters. The number of halogens is 1. The Morgan fingerprint density at radius 2 is 2.00 bits per heavy atom. The zero-order chi connectivity index (χ0) is 18.5. The molecule has 2 aromatic heterocycles. The van der Waals surface area contributed by atoms with Crippen molar-refractivity contribution < 1.29 is 23.1 Å². The number of anilines is 2. The average Bonchev–Trinajstić information content (AvgIpc) is 3.29. The Balaban J connectivity index is 1.70. The summed E-state index contributed by atoms with van der Waals surface area (Å²) >= 11 is 1.11. The molecule has 0 aliphatic rings. The molecule has 3 rings (SSSR count). The van der Waals surface area contributed by atoms with Crippen LogP contribution in [0.1, 0.15) is 27.2 Å². The van der Waals surface area contributed by atoms with Gasteiger partial charge in [0.25, 0.3) is 11.8 Å². The number of amides is 2. The molecule has 0 saturated carbocycles. The van der Waals surface area contributed by atoms with E-state index in [4.69, 9.17) is 9.15 Å². The molecule has 26 heavy (non-hydrogen) atoms. The van der Waals surface area contributed by atoms with Crippen LogP contribution in [0.2, 0.25) is 0 Å². The van der Waals surface area contributed by atoms with E-state index in [9.17, 15) is 14.0 Å². The van der Waals surface area contributed by atoms with E-state index < -0.39 is 11.7 Å². The molecule has 0 spiro atoms. The first-order valence-electron chi connectivity index (χ1n) is 7.75. The third kappa shape index (κ3) is 4.09. The number of carbonyl (C=O) groups excluding carboxylic acids is 2. The normalized spacial score (nSPS) is 10.4. The van der Waals surface area contributed by atoms with Gasteiger partial charge in [-0.15, -0.1) is 11.3 Å². The van der Waals surface area contributed by atoms with Crippen LogP contribution in [-0.4, -0.2) is 18.4 Å². The Labute approximate surface area is 152 Å². The summed E-state index contributed by atoms with van der Waals surface area (Å²) in [7, 11) is 0. The summed E-state index contributed by atoms with van der Waals surface area (Å²) in [5.41, 5.74) is 0.368. The smallest absolute Gasteiger partial charge is 0.291 e. The van der Waals surface area contributed by atoms with E-state index in [-0.39, 0.29) is 17.4 Å². The van der Waals surface area contributed by atoms with Crippen molar-refractivity contribution in [2.45, 2.75) is 6.92 Å². The quantitative estimate of drug-likeness (QED) is 0.671. The number of benzene rings is 1. The molecule has 2 heterocycles. The third-order valence-electron chi connectivity index (χ3n) is 3.30. The van der Waals surface area contributed by atoms with Gasteiger partial charge in [-0.3, -0.25) is 9.59 Å². The molecule has 0 bridgehead atoms. The summed E-state index contributed by atoms with van der Waals surface area (Å²) in [5.74, 6) is -0.812. The lowest BCUT2D eigenvalue weighted by Crippen LogP contribution is -2.12. The van der Waals surface area contributed by atoms with Gasteiger partial charge in [0.2, 0.25) is 0 Å². The second-order valence-corrected chi connectivity index (χ2v) is 6.21. The van der Waals surface area contributed by atoms with Crippen molar-refractivity contribution in [1.82, 2.24) is 0 Å². The van der Waals surface area contributed by atoms with Crippen molar-refractivity contribution in [3.63, 3.8) is 0 Å². The van der Waals surface area contributed by atoms with Crippen LogP contribution >= 0.6 is 11.3 Å². The lowest BCUT2D eigenvalue weighted by atomic mass is 10.2. The highest BCUT2D eigenvalue weighted by Gasteiger charge is 2.15. The first kappa shape index (κ1) is 17.7. The summed E-state index contributed by atoms with van der Waals surface area (Å²) in [6.45, 7) is 2.11. The van der Waals surface area contributed by atoms with Crippen molar-refractivity contribution >= 4 is 33.8 Å². The maximum Gasteiger partial charge on any atom is 0.291 e. The summed E-state index contributed by atoms with van der Waals surface area (Å²) in [5, 5.41) is 5.84. The highest BCUT2D eigenvalue weighted by molar-refractivity contribution is 7.18. The van der Waals surface area contributed by atoms with Crippen molar-refractivity contribution in [3.8, 4) is 5.75 Å². The first-order chi connectivity index (χ1) is 12.6. The number of rotatable bonds is 6. The second-order valence-electron chi connectivity index (χ2n) is 5.12. The molecule has 2 amide bonds. The number of thiophene rings is 1. The summed E-state index contributed by atoms with van der Waals surface area (Å²) < 4.78 is 23.7. The molecule has 134 valence electrons. The minimum absolute atomic E-state index is 0.178. The van der Waals surface area contributed by atoms with Crippen LogP contribution in [0.5, 0.6) is 5.75 Å². The van der Waals surface area contributed by atoms with Crippen molar-refractivity contribution in [2.75, 3.05) is 17.2 Å². The Kier molecular flexibility index (Phi) is 5.33. The molecule has 0 saturated heterocycles. The number of hydrogen-bond acceptors (Lipinski definition) is 5. The lowest BCUT2D eigenvalue weighted by Gasteiger charge is -2.10. The Morgan fingerprint density at radius 1 is 1.15 bits per heavy atom. The zero-order valence-electron chi connectivity index (χ0n) is 13.7. The molecule has 0 radical (unpaired) electrons. The fourth-order valence-corrected chi connectivity index (χ4v) is 2.96. The predicted octanol–water partition coefficient (Wildman–Crippen LogP) is 4.38. The molecule has 2 N–H and O–H groups in total. The highest BCUT2D eigenvalue weighted by Crippen LogP contribution is 2.28. The zero-order valence-corrected chi connectivity index (χ0v) is 14.6.